The van der Waals surface area contributed by atoms with Crippen molar-refractivity contribution in [2.75, 3.05) is 24.6 Å². The van der Waals surface area contributed by atoms with Gasteiger partial charge < -0.3 is 4.90 Å². The Kier molecular flexibility index (Phi) is 5.56. The highest BCUT2D eigenvalue weighted by Gasteiger charge is 2.37. The molecule has 0 radical (unpaired) electrons. The zero-order valence-corrected chi connectivity index (χ0v) is 16.2. The zero-order chi connectivity index (χ0) is 20.4. The summed E-state index contributed by atoms with van der Waals surface area (Å²) in [4.78, 5) is 32.1. The number of anilines is 1. The quantitative estimate of drug-likeness (QED) is 0.709. The molecule has 0 unspecified atom stereocenters. The Balaban J connectivity index is 1.44. The lowest BCUT2D eigenvalue weighted by Gasteiger charge is -2.34. The fourth-order valence-electron chi connectivity index (χ4n) is 3.77. The molecule has 4 heterocycles. The SMILES string of the molecule is N#Cc1cncc([C@@H]2CCON2C(=O)C2CCN(c3nc(Cl)ncc3F)CC2)c1. The Bertz CT molecular complexity index is 960. The van der Waals surface area contributed by atoms with E-state index in [1.165, 1.54) is 11.3 Å². The second-order valence-electron chi connectivity index (χ2n) is 6.99. The molecule has 0 aliphatic carbocycles. The maximum Gasteiger partial charge on any atom is 0.249 e. The molecule has 0 spiro atoms. The Hall–Kier alpha value is -2.83. The third kappa shape index (κ3) is 3.99. The molecule has 2 aromatic rings. The summed E-state index contributed by atoms with van der Waals surface area (Å²) in [6.07, 6.45) is 5.93. The van der Waals surface area contributed by atoms with E-state index in [0.717, 1.165) is 11.8 Å². The van der Waals surface area contributed by atoms with E-state index in [-0.39, 0.29) is 29.0 Å². The molecule has 10 heteroatoms. The van der Waals surface area contributed by atoms with E-state index in [1.54, 1.807) is 17.2 Å². The van der Waals surface area contributed by atoms with Crippen molar-refractivity contribution in [3.63, 3.8) is 0 Å². The maximum atomic E-state index is 14.0. The molecule has 2 aromatic heterocycles. The Morgan fingerprint density at radius 3 is 2.83 bits per heavy atom. The lowest BCUT2D eigenvalue weighted by Crippen LogP contribution is -2.42. The van der Waals surface area contributed by atoms with Crippen LogP contribution >= 0.6 is 11.6 Å². The van der Waals surface area contributed by atoms with Gasteiger partial charge in [-0.15, -0.1) is 0 Å². The van der Waals surface area contributed by atoms with Gasteiger partial charge in [-0.05, 0) is 36.1 Å². The molecule has 1 atom stereocenters. The van der Waals surface area contributed by atoms with E-state index in [2.05, 4.69) is 21.0 Å². The van der Waals surface area contributed by atoms with E-state index in [9.17, 15) is 9.18 Å². The van der Waals surface area contributed by atoms with Gasteiger partial charge in [0.15, 0.2) is 11.6 Å². The number of nitrogens with zero attached hydrogens (tertiary/aromatic N) is 6. The molecule has 2 fully saturated rings. The number of hydrogen-bond acceptors (Lipinski definition) is 7. The number of carbonyl (C=O) groups is 1. The second-order valence-corrected chi connectivity index (χ2v) is 7.33. The van der Waals surface area contributed by atoms with Gasteiger partial charge in [0, 0.05) is 37.8 Å². The molecule has 8 nitrogen and oxygen atoms in total. The van der Waals surface area contributed by atoms with Crippen molar-refractivity contribution < 1.29 is 14.0 Å². The third-order valence-corrected chi connectivity index (χ3v) is 5.42. The highest BCUT2D eigenvalue weighted by molar-refractivity contribution is 6.28. The van der Waals surface area contributed by atoms with E-state index in [1.807, 2.05) is 0 Å². The molecular formula is C19H18ClFN6O2. The smallest absolute Gasteiger partial charge is 0.249 e. The standard InChI is InChI=1S/C19H18ClFN6O2/c20-19-24-11-15(21)17(25-19)26-4-1-13(2-5-26)18(28)27-16(3-6-29-27)14-7-12(8-22)9-23-10-14/h7,9-11,13,16H,1-6H2/t16-/m0/s1. The van der Waals surface area contributed by atoms with Crippen molar-refractivity contribution in [2.24, 2.45) is 5.92 Å². The largest absolute Gasteiger partial charge is 0.354 e. The van der Waals surface area contributed by atoms with Crippen LogP contribution in [0.3, 0.4) is 0 Å². The van der Waals surface area contributed by atoms with Gasteiger partial charge in [0.25, 0.3) is 0 Å². The summed E-state index contributed by atoms with van der Waals surface area (Å²) in [5.41, 5.74) is 1.23. The number of carbonyl (C=O) groups excluding carboxylic acids is 1. The summed E-state index contributed by atoms with van der Waals surface area (Å²) in [6.45, 7) is 1.38. The monoisotopic (exact) mass is 416 g/mol. The van der Waals surface area contributed by atoms with Gasteiger partial charge in [0.05, 0.1) is 24.4 Å². The van der Waals surface area contributed by atoms with Crippen molar-refractivity contribution in [3.8, 4) is 6.07 Å². The first-order valence-corrected chi connectivity index (χ1v) is 9.68. The molecule has 29 heavy (non-hydrogen) atoms. The van der Waals surface area contributed by atoms with E-state index in [0.29, 0.717) is 44.5 Å². The Morgan fingerprint density at radius 2 is 2.07 bits per heavy atom. The number of aromatic nitrogens is 3. The lowest BCUT2D eigenvalue weighted by molar-refractivity contribution is -0.182. The number of piperidine rings is 1. The number of hydrogen-bond donors (Lipinski definition) is 0. The molecule has 2 aliphatic rings. The molecule has 4 rings (SSSR count). The molecular weight excluding hydrogens is 399 g/mol. The zero-order valence-electron chi connectivity index (χ0n) is 15.5. The average molecular weight is 417 g/mol. The average Bonchev–Trinajstić information content (AvgIpc) is 3.25. The molecule has 150 valence electrons. The number of hydroxylamine groups is 2. The molecule has 2 saturated heterocycles. The van der Waals surface area contributed by atoms with Gasteiger partial charge in [-0.25, -0.2) is 14.4 Å². The van der Waals surface area contributed by atoms with Gasteiger partial charge in [-0.1, -0.05) is 0 Å². The van der Waals surface area contributed by atoms with Crippen LogP contribution in [0.4, 0.5) is 10.2 Å². The van der Waals surface area contributed by atoms with Gasteiger partial charge in [-0.3, -0.25) is 14.6 Å². The van der Waals surface area contributed by atoms with Crippen LogP contribution in [0.25, 0.3) is 0 Å². The predicted molar refractivity (Wildman–Crippen MR) is 101 cm³/mol. The minimum absolute atomic E-state index is 0.0129. The third-order valence-electron chi connectivity index (χ3n) is 5.24. The van der Waals surface area contributed by atoms with Crippen molar-refractivity contribution in [1.29, 1.82) is 5.26 Å². The van der Waals surface area contributed by atoms with Gasteiger partial charge in [0.1, 0.15) is 6.07 Å². The van der Waals surface area contributed by atoms with Crippen LogP contribution in [0, 0.1) is 23.1 Å². The van der Waals surface area contributed by atoms with Gasteiger partial charge in [-0.2, -0.15) is 10.2 Å². The number of amides is 1. The highest BCUT2D eigenvalue weighted by atomic mass is 35.5. The first kappa shape index (κ1) is 19.5. The first-order chi connectivity index (χ1) is 14.1. The molecule has 2 aliphatic heterocycles. The first-order valence-electron chi connectivity index (χ1n) is 9.31. The Labute approximate surface area is 171 Å². The van der Waals surface area contributed by atoms with Crippen LogP contribution in [-0.2, 0) is 9.63 Å². The lowest BCUT2D eigenvalue weighted by atomic mass is 9.94. The topological polar surface area (TPSA) is 95.2 Å². The van der Waals surface area contributed by atoms with Crippen LogP contribution in [0.1, 0.15) is 36.4 Å². The number of rotatable bonds is 3. The van der Waals surface area contributed by atoms with Gasteiger partial charge >= 0.3 is 0 Å². The van der Waals surface area contributed by atoms with Crippen LogP contribution in [0.5, 0.6) is 0 Å². The highest BCUT2D eigenvalue weighted by Crippen LogP contribution is 2.34. The minimum Gasteiger partial charge on any atom is -0.354 e. The molecule has 0 saturated carbocycles. The minimum atomic E-state index is -0.535. The fourth-order valence-corrected chi connectivity index (χ4v) is 3.90. The van der Waals surface area contributed by atoms with Crippen molar-refractivity contribution in [2.45, 2.75) is 25.3 Å². The number of pyridine rings is 1. The molecule has 0 aromatic carbocycles. The van der Waals surface area contributed by atoms with Crippen LogP contribution in [-0.4, -0.2) is 45.6 Å². The van der Waals surface area contributed by atoms with Crippen molar-refractivity contribution in [3.05, 3.63) is 46.9 Å². The summed E-state index contributed by atoms with van der Waals surface area (Å²) in [6, 6.07) is 3.53. The molecule has 1 amide bonds. The summed E-state index contributed by atoms with van der Waals surface area (Å²) in [5.74, 6) is -0.715. The van der Waals surface area contributed by atoms with Gasteiger partial charge in [0.2, 0.25) is 11.2 Å². The van der Waals surface area contributed by atoms with Crippen molar-refractivity contribution >= 4 is 23.3 Å². The molecule has 0 N–H and O–H groups in total. The predicted octanol–water partition coefficient (Wildman–Crippen LogP) is 2.66. The maximum absolute atomic E-state index is 14.0. The summed E-state index contributed by atoms with van der Waals surface area (Å²) in [7, 11) is 0. The van der Waals surface area contributed by atoms with Crippen LogP contribution < -0.4 is 4.90 Å². The number of halogens is 2. The summed E-state index contributed by atoms with van der Waals surface area (Å²) < 4.78 is 14.0. The fraction of sp³-hybridized carbons (Fsp3) is 0.421. The summed E-state index contributed by atoms with van der Waals surface area (Å²) >= 11 is 5.78. The van der Waals surface area contributed by atoms with E-state index in [4.69, 9.17) is 21.7 Å². The van der Waals surface area contributed by atoms with Crippen molar-refractivity contribution in [1.82, 2.24) is 20.0 Å². The number of nitriles is 1. The van der Waals surface area contributed by atoms with E-state index >= 15 is 0 Å². The van der Waals surface area contributed by atoms with Crippen LogP contribution in [0.2, 0.25) is 5.28 Å². The molecule has 0 bridgehead atoms. The normalized spacial score (nSPS) is 20.0. The van der Waals surface area contributed by atoms with E-state index < -0.39 is 5.82 Å². The van der Waals surface area contributed by atoms with Crippen LogP contribution in [0.15, 0.2) is 24.7 Å². The second kappa shape index (κ2) is 8.27. The summed E-state index contributed by atoms with van der Waals surface area (Å²) in [5, 5.41) is 10.5. The Morgan fingerprint density at radius 1 is 1.28 bits per heavy atom.